The molecule has 7 nitrogen and oxygen atoms in total. The van der Waals surface area contributed by atoms with E-state index in [1.165, 1.54) is 0 Å². The van der Waals surface area contributed by atoms with Crippen molar-refractivity contribution in [1.29, 1.82) is 0 Å². The Balaban J connectivity index is 0.00000162. The van der Waals surface area contributed by atoms with E-state index in [1.54, 1.807) is 10.9 Å². The van der Waals surface area contributed by atoms with Gasteiger partial charge in [0.25, 0.3) is 5.91 Å². The summed E-state index contributed by atoms with van der Waals surface area (Å²) in [5.41, 5.74) is 11.1. The van der Waals surface area contributed by atoms with Gasteiger partial charge in [0.2, 0.25) is 0 Å². The minimum absolute atomic E-state index is 0. The molecule has 1 aromatic heterocycles. The Morgan fingerprint density at radius 3 is 2.53 bits per heavy atom. The first-order valence-electron chi connectivity index (χ1n) is 5.59. The molecule has 1 fully saturated rings. The van der Waals surface area contributed by atoms with Crippen LogP contribution in [0.5, 0.6) is 0 Å². The highest BCUT2D eigenvalue weighted by Crippen LogP contribution is 2.09. The third-order valence-electron chi connectivity index (χ3n) is 2.86. The summed E-state index contributed by atoms with van der Waals surface area (Å²) < 4.78 is 6.96. The minimum atomic E-state index is -0.540. The number of anilines is 1. The molecule has 0 saturated carbocycles. The first kappa shape index (κ1) is 18.0. The predicted molar refractivity (Wildman–Crippen MR) is 76.9 cm³/mol. The Labute approximate surface area is 124 Å². The zero-order chi connectivity index (χ0) is 12.3. The van der Waals surface area contributed by atoms with Crippen LogP contribution in [-0.2, 0) is 11.3 Å². The van der Waals surface area contributed by atoms with E-state index in [2.05, 4.69) is 9.88 Å². The molecule has 9 heteroatoms. The maximum atomic E-state index is 11.2. The van der Waals surface area contributed by atoms with Gasteiger partial charge in [-0.1, -0.05) is 0 Å². The molecule has 0 spiro atoms. The van der Waals surface area contributed by atoms with Crippen LogP contribution in [0.2, 0.25) is 0 Å². The zero-order valence-corrected chi connectivity index (χ0v) is 12.1. The van der Waals surface area contributed by atoms with Crippen LogP contribution >= 0.6 is 24.8 Å². The molecule has 4 N–H and O–H groups in total. The van der Waals surface area contributed by atoms with Crippen molar-refractivity contribution in [2.45, 2.75) is 6.54 Å². The zero-order valence-electron chi connectivity index (χ0n) is 10.4. The SMILES string of the molecule is Cl.Cl.NC(=O)c1c(N)ncn1CCN1CCOCC1. The van der Waals surface area contributed by atoms with E-state index in [0.717, 1.165) is 32.8 Å². The van der Waals surface area contributed by atoms with Crippen molar-refractivity contribution in [1.82, 2.24) is 14.5 Å². The fourth-order valence-electron chi connectivity index (χ4n) is 1.91. The Bertz CT molecular complexity index is 407. The summed E-state index contributed by atoms with van der Waals surface area (Å²) in [5.74, 6) is -0.346. The van der Waals surface area contributed by atoms with Gasteiger partial charge in [0, 0.05) is 26.2 Å². The first-order valence-corrected chi connectivity index (χ1v) is 5.59. The van der Waals surface area contributed by atoms with Gasteiger partial charge < -0.3 is 20.8 Å². The highest BCUT2D eigenvalue weighted by atomic mass is 35.5. The number of primary amides is 1. The van der Waals surface area contributed by atoms with Gasteiger partial charge in [-0.3, -0.25) is 9.69 Å². The van der Waals surface area contributed by atoms with E-state index in [4.69, 9.17) is 16.2 Å². The number of hydrogen-bond acceptors (Lipinski definition) is 5. The first-order chi connectivity index (χ1) is 8.18. The maximum Gasteiger partial charge on any atom is 0.269 e. The number of hydrogen-bond donors (Lipinski definition) is 2. The van der Waals surface area contributed by atoms with Gasteiger partial charge in [-0.05, 0) is 0 Å². The Kier molecular flexibility index (Phi) is 7.77. The minimum Gasteiger partial charge on any atom is -0.382 e. The summed E-state index contributed by atoms with van der Waals surface area (Å²) in [6.45, 7) is 4.83. The van der Waals surface area contributed by atoms with Gasteiger partial charge in [-0.15, -0.1) is 24.8 Å². The molecule has 1 aromatic rings. The molecule has 1 saturated heterocycles. The molecule has 1 aliphatic rings. The van der Waals surface area contributed by atoms with E-state index in [1.807, 2.05) is 0 Å². The second-order valence-corrected chi connectivity index (χ2v) is 3.99. The van der Waals surface area contributed by atoms with Gasteiger partial charge in [0.1, 0.15) is 0 Å². The summed E-state index contributed by atoms with van der Waals surface area (Å²) >= 11 is 0. The molecule has 0 radical (unpaired) electrons. The molecular weight excluding hydrogens is 293 g/mol. The highest BCUT2D eigenvalue weighted by Gasteiger charge is 2.15. The topological polar surface area (TPSA) is 99.4 Å². The molecule has 2 heterocycles. The monoisotopic (exact) mass is 311 g/mol. The molecule has 1 aliphatic heterocycles. The number of aromatic nitrogens is 2. The number of nitrogens with two attached hydrogens (primary N) is 2. The predicted octanol–water partition coefficient (Wildman–Crippen LogP) is -0.260. The smallest absolute Gasteiger partial charge is 0.269 e. The third kappa shape index (κ3) is 4.54. The standard InChI is InChI=1S/C10H17N5O2.2ClH/c11-9-8(10(12)16)15(7-13-9)2-1-14-3-5-17-6-4-14;;/h7H,1-6,11H2,(H2,12,16);2*1H. The number of halogens is 2. The van der Waals surface area contributed by atoms with E-state index in [9.17, 15) is 4.79 Å². The molecule has 19 heavy (non-hydrogen) atoms. The number of imidazole rings is 1. The van der Waals surface area contributed by atoms with E-state index in [0.29, 0.717) is 12.2 Å². The number of carbonyl (C=O) groups excluding carboxylic acids is 1. The summed E-state index contributed by atoms with van der Waals surface area (Å²) in [6.07, 6.45) is 1.55. The van der Waals surface area contributed by atoms with Crippen LogP contribution in [0.1, 0.15) is 10.5 Å². The van der Waals surface area contributed by atoms with Crippen molar-refractivity contribution < 1.29 is 9.53 Å². The molecule has 0 atom stereocenters. The van der Waals surface area contributed by atoms with Gasteiger partial charge in [-0.2, -0.15) is 0 Å². The van der Waals surface area contributed by atoms with Gasteiger partial charge >= 0.3 is 0 Å². The Hall–Kier alpha value is -1.02. The van der Waals surface area contributed by atoms with Crippen LogP contribution in [-0.4, -0.2) is 53.2 Å². The van der Waals surface area contributed by atoms with Gasteiger partial charge in [0.05, 0.1) is 19.5 Å². The molecule has 2 rings (SSSR count). The molecule has 0 bridgehead atoms. The lowest BCUT2D eigenvalue weighted by Gasteiger charge is -2.26. The number of nitrogen functional groups attached to an aromatic ring is 1. The number of carbonyl (C=O) groups is 1. The van der Waals surface area contributed by atoms with Crippen LogP contribution in [0, 0.1) is 0 Å². The van der Waals surface area contributed by atoms with Crippen molar-refractivity contribution in [2.75, 3.05) is 38.6 Å². The molecule has 0 aliphatic carbocycles. The highest BCUT2D eigenvalue weighted by molar-refractivity contribution is 5.95. The van der Waals surface area contributed by atoms with Crippen LogP contribution in [0.3, 0.4) is 0 Å². The summed E-state index contributed by atoms with van der Waals surface area (Å²) in [4.78, 5) is 17.4. The lowest BCUT2D eigenvalue weighted by Crippen LogP contribution is -2.38. The molecule has 1 amide bonds. The summed E-state index contributed by atoms with van der Waals surface area (Å²) in [7, 11) is 0. The second kappa shape index (κ2) is 8.21. The average Bonchev–Trinajstić information content (AvgIpc) is 2.69. The number of amides is 1. The van der Waals surface area contributed by atoms with Gasteiger partial charge in [0.15, 0.2) is 11.5 Å². The van der Waals surface area contributed by atoms with Crippen molar-refractivity contribution in [3.63, 3.8) is 0 Å². The van der Waals surface area contributed by atoms with Crippen LogP contribution in [0.25, 0.3) is 0 Å². The molecule has 0 unspecified atom stereocenters. The second-order valence-electron chi connectivity index (χ2n) is 3.99. The van der Waals surface area contributed by atoms with Crippen LogP contribution in [0.15, 0.2) is 6.33 Å². The number of rotatable bonds is 4. The fraction of sp³-hybridized carbons (Fsp3) is 0.600. The van der Waals surface area contributed by atoms with Crippen LogP contribution in [0.4, 0.5) is 5.82 Å². The Morgan fingerprint density at radius 1 is 1.32 bits per heavy atom. The third-order valence-corrected chi connectivity index (χ3v) is 2.86. The summed E-state index contributed by atoms with van der Waals surface area (Å²) in [5, 5.41) is 0. The lowest BCUT2D eigenvalue weighted by atomic mass is 10.3. The lowest BCUT2D eigenvalue weighted by molar-refractivity contribution is 0.0363. The molecule has 0 aromatic carbocycles. The van der Waals surface area contributed by atoms with E-state index in [-0.39, 0.29) is 30.6 Å². The molecular formula is C10H19Cl2N5O2. The van der Waals surface area contributed by atoms with Crippen molar-refractivity contribution in [3.05, 3.63) is 12.0 Å². The van der Waals surface area contributed by atoms with E-state index >= 15 is 0 Å². The van der Waals surface area contributed by atoms with Gasteiger partial charge in [-0.25, -0.2) is 4.98 Å². The summed E-state index contributed by atoms with van der Waals surface area (Å²) in [6, 6.07) is 0. The van der Waals surface area contributed by atoms with Crippen LogP contribution < -0.4 is 11.5 Å². The average molecular weight is 312 g/mol. The maximum absolute atomic E-state index is 11.2. The van der Waals surface area contributed by atoms with E-state index < -0.39 is 5.91 Å². The Morgan fingerprint density at radius 2 is 1.95 bits per heavy atom. The quantitative estimate of drug-likeness (QED) is 0.798. The molecule has 110 valence electrons. The fourth-order valence-corrected chi connectivity index (χ4v) is 1.91. The number of ether oxygens (including phenoxy) is 1. The van der Waals surface area contributed by atoms with Crippen molar-refractivity contribution in [2.24, 2.45) is 5.73 Å². The normalized spacial score (nSPS) is 15.4. The largest absolute Gasteiger partial charge is 0.382 e. The van der Waals surface area contributed by atoms with Crippen molar-refractivity contribution >= 4 is 36.5 Å². The number of nitrogens with zero attached hydrogens (tertiary/aromatic N) is 3. The van der Waals surface area contributed by atoms with Crippen molar-refractivity contribution in [3.8, 4) is 0 Å². The number of morpholine rings is 1.